The summed E-state index contributed by atoms with van der Waals surface area (Å²) in [6.45, 7) is 2.00. The predicted molar refractivity (Wildman–Crippen MR) is 69.9 cm³/mol. The average molecular weight is 249 g/mol. The summed E-state index contributed by atoms with van der Waals surface area (Å²) in [5.74, 6) is 0.950. The number of nitrogens with zero attached hydrogens (tertiary/aromatic N) is 2. The number of benzene rings is 1. The minimum absolute atomic E-state index is 0.0164. The minimum atomic E-state index is 0.0164. The molecule has 5 heteroatoms. The fraction of sp³-hybridized carbons (Fsp3) is 0.167. The first-order chi connectivity index (χ1) is 8.18. The molecule has 0 aliphatic rings. The number of nitrogen functional groups attached to an aromatic ring is 1. The maximum atomic E-state index is 6.12. The molecule has 2 aromatic rings. The van der Waals surface area contributed by atoms with Gasteiger partial charge in [0, 0.05) is 17.4 Å². The van der Waals surface area contributed by atoms with Gasteiger partial charge in [0.1, 0.15) is 0 Å². The lowest BCUT2D eigenvalue weighted by Crippen LogP contribution is -2.10. The van der Waals surface area contributed by atoms with Crippen molar-refractivity contribution >= 4 is 23.2 Å². The molecule has 0 saturated heterocycles. The van der Waals surface area contributed by atoms with Gasteiger partial charge in [0.05, 0.1) is 6.04 Å². The quantitative estimate of drug-likeness (QED) is 0.877. The van der Waals surface area contributed by atoms with Crippen molar-refractivity contribution in [3.05, 3.63) is 47.2 Å². The summed E-state index contributed by atoms with van der Waals surface area (Å²) in [5.41, 5.74) is 6.72. The largest absolute Gasteiger partial charge is 0.381 e. The van der Waals surface area contributed by atoms with Gasteiger partial charge in [-0.15, -0.1) is 0 Å². The predicted octanol–water partition coefficient (Wildman–Crippen LogP) is 2.89. The van der Waals surface area contributed by atoms with Gasteiger partial charge in [0.15, 0.2) is 11.6 Å². The van der Waals surface area contributed by atoms with Gasteiger partial charge in [-0.05, 0) is 18.6 Å². The fourth-order valence-electron chi connectivity index (χ4n) is 1.57. The number of anilines is 2. The highest BCUT2D eigenvalue weighted by atomic mass is 35.5. The van der Waals surface area contributed by atoms with Crippen molar-refractivity contribution in [2.24, 2.45) is 0 Å². The van der Waals surface area contributed by atoms with Crippen LogP contribution in [0.15, 0.2) is 36.7 Å². The third-order valence-corrected chi connectivity index (χ3v) is 2.80. The summed E-state index contributed by atoms with van der Waals surface area (Å²) in [6, 6.07) is 7.68. The molecule has 0 saturated carbocycles. The van der Waals surface area contributed by atoms with Gasteiger partial charge in [0.25, 0.3) is 0 Å². The number of hydrogen-bond acceptors (Lipinski definition) is 4. The van der Waals surface area contributed by atoms with E-state index in [4.69, 9.17) is 17.3 Å². The summed E-state index contributed by atoms with van der Waals surface area (Å²) < 4.78 is 0. The van der Waals surface area contributed by atoms with Crippen molar-refractivity contribution in [2.75, 3.05) is 11.1 Å². The van der Waals surface area contributed by atoms with Crippen LogP contribution in [0.2, 0.25) is 5.02 Å². The van der Waals surface area contributed by atoms with E-state index in [1.807, 2.05) is 31.2 Å². The third-order valence-electron chi connectivity index (χ3n) is 2.45. The van der Waals surface area contributed by atoms with E-state index >= 15 is 0 Å². The second-order valence-electron chi connectivity index (χ2n) is 3.68. The van der Waals surface area contributed by atoms with Gasteiger partial charge in [-0.1, -0.05) is 29.8 Å². The first-order valence-electron chi connectivity index (χ1n) is 5.26. The lowest BCUT2D eigenvalue weighted by atomic mass is 10.1. The molecule has 1 aromatic carbocycles. The van der Waals surface area contributed by atoms with Crippen LogP contribution in [0.3, 0.4) is 0 Å². The van der Waals surface area contributed by atoms with Crippen molar-refractivity contribution in [1.82, 2.24) is 9.97 Å². The van der Waals surface area contributed by atoms with E-state index in [1.54, 1.807) is 12.4 Å². The molecule has 2 rings (SSSR count). The summed E-state index contributed by atoms with van der Waals surface area (Å²) in [5, 5.41) is 3.90. The molecule has 1 unspecified atom stereocenters. The van der Waals surface area contributed by atoms with Crippen LogP contribution in [0, 0.1) is 0 Å². The van der Waals surface area contributed by atoms with E-state index in [0.717, 1.165) is 10.6 Å². The second kappa shape index (κ2) is 5.01. The van der Waals surface area contributed by atoms with Gasteiger partial charge in [-0.2, -0.15) is 0 Å². The smallest absolute Gasteiger partial charge is 0.169 e. The molecule has 0 aliphatic heterocycles. The number of halogens is 1. The van der Waals surface area contributed by atoms with Crippen molar-refractivity contribution in [2.45, 2.75) is 13.0 Å². The Labute approximate surface area is 105 Å². The van der Waals surface area contributed by atoms with Gasteiger partial charge in [-0.25, -0.2) is 9.97 Å². The minimum Gasteiger partial charge on any atom is -0.381 e. The molecule has 1 heterocycles. The van der Waals surface area contributed by atoms with Gasteiger partial charge < -0.3 is 11.1 Å². The molecule has 0 fully saturated rings. The van der Waals surface area contributed by atoms with Crippen molar-refractivity contribution in [1.29, 1.82) is 0 Å². The van der Waals surface area contributed by atoms with Crippen LogP contribution in [0.1, 0.15) is 18.5 Å². The number of nitrogens with one attached hydrogen (secondary N) is 1. The number of rotatable bonds is 3. The number of hydrogen-bond donors (Lipinski definition) is 2. The van der Waals surface area contributed by atoms with Gasteiger partial charge in [-0.3, -0.25) is 0 Å². The molecule has 0 amide bonds. The fourth-order valence-corrected chi connectivity index (χ4v) is 1.87. The van der Waals surface area contributed by atoms with Crippen LogP contribution in [0.5, 0.6) is 0 Å². The lowest BCUT2D eigenvalue weighted by Gasteiger charge is -2.16. The zero-order chi connectivity index (χ0) is 12.3. The Bertz CT molecular complexity index is 515. The first kappa shape index (κ1) is 11.7. The zero-order valence-corrected chi connectivity index (χ0v) is 10.1. The first-order valence-corrected chi connectivity index (χ1v) is 5.63. The monoisotopic (exact) mass is 248 g/mol. The molecule has 4 nitrogen and oxygen atoms in total. The molecule has 0 radical (unpaired) electrons. The topological polar surface area (TPSA) is 63.8 Å². The standard InChI is InChI=1S/C12H13ClN4/c1-8(9-4-2-3-5-10(9)13)17-12-11(14)15-6-7-16-12/h2-8H,1H3,(H2,14,15)(H,16,17). The van der Waals surface area contributed by atoms with E-state index in [2.05, 4.69) is 15.3 Å². The lowest BCUT2D eigenvalue weighted by molar-refractivity contribution is 0.873. The Kier molecular flexibility index (Phi) is 3.44. The molecule has 1 aromatic heterocycles. The highest BCUT2D eigenvalue weighted by Gasteiger charge is 2.11. The van der Waals surface area contributed by atoms with Gasteiger partial charge in [0.2, 0.25) is 0 Å². The van der Waals surface area contributed by atoms with E-state index in [9.17, 15) is 0 Å². The van der Waals surface area contributed by atoms with Crippen molar-refractivity contribution in [3.8, 4) is 0 Å². The SMILES string of the molecule is CC(Nc1nccnc1N)c1ccccc1Cl. The molecule has 3 N–H and O–H groups in total. The van der Waals surface area contributed by atoms with Crippen LogP contribution in [-0.2, 0) is 0 Å². The van der Waals surface area contributed by atoms with E-state index in [1.165, 1.54) is 0 Å². The average Bonchev–Trinajstić information content (AvgIpc) is 2.32. The zero-order valence-electron chi connectivity index (χ0n) is 9.39. The van der Waals surface area contributed by atoms with Crippen LogP contribution >= 0.6 is 11.6 Å². The molecule has 1 atom stereocenters. The molecule has 0 aliphatic carbocycles. The van der Waals surface area contributed by atoms with Crippen LogP contribution in [0.25, 0.3) is 0 Å². The number of nitrogens with two attached hydrogens (primary N) is 1. The summed E-state index contributed by atoms with van der Waals surface area (Å²) in [4.78, 5) is 8.10. The highest BCUT2D eigenvalue weighted by Crippen LogP contribution is 2.25. The molecular formula is C12H13ClN4. The summed E-state index contributed by atoms with van der Waals surface area (Å²) >= 11 is 6.12. The normalized spacial score (nSPS) is 12.1. The second-order valence-corrected chi connectivity index (χ2v) is 4.08. The molecule has 0 spiro atoms. The van der Waals surface area contributed by atoms with Crippen molar-refractivity contribution < 1.29 is 0 Å². The molecule has 88 valence electrons. The Morgan fingerprint density at radius 2 is 1.94 bits per heavy atom. The summed E-state index contributed by atoms with van der Waals surface area (Å²) in [6.07, 6.45) is 3.15. The van der Waals surface area contributed by atoms with E-state index < -0.39 is 0 Å². The van der Waals surface area contributed by atoms with Crippen LogP contribution < -0.4 is 11.1 Å². The Hall–Kier alpha value is -1.81. The van der Waals surface area contributed by atoms with Crippen LogP contribution in [-0.4, -0.2) is 9.97 Å². The maximum Gasteiger partial charge on any atom is 0.169 e. The van der Waals surface area contributed by atoms with E-state index in [0.29, 0.717) is 11.6 Å². The Morgan fingerprint density at radius 1 is 1.24 bits per heavy atom. The van der Waals surface area contributed by atoms with Crippen molar-refractivity contribution in [3.63, 3.8) is 0 Å². The third kappa shape index (κ3) is 2.65. The molecule has 17 heavy (non-hydrogen) atoms. The summed E-state index contributed by atoms with van der Waals surface area (Å²) in [7, 11) is 0. The molecular weight excluding hydrogens is 236 g/mol. The van der Waals surface area contributed by atoms with Crippen LogP contribution in [0.4, 0.5) is 11.6 Å². The molecule has 0 bridgehead atoms. The number of aromatic nitrogens is 2. The Balaban J connectivity index is 2.20. The Morgan fingerprint density at radius 3 is 2.65 bits per heavy atom. The van der Waals surface area contributed by atoms with Gasteiger partial charge >= 0.3 is 0 Å². The highest BCUT2D eigenvalue weighted by molar-refractivity contribution is 6.31. The van der Waals surface area contributed by atoms with E-state index in [-0.39, 0.29) is 6.04 Å². The maximum absolute atomic E-state index is 6.12.